The minimum Gasteiger partial charge on any atom is -0.449 e. The number of hydrogen-bond acceptors (Lipinski definition) is 5. The van der Waals surface area contributed by atoms with Crippen molar-refractivity contribution in [1.29, 1.82) is 0 Å². The van der Waals surface area contributed by atoms with Gasteiger partial charge in [-0.25, -0.2) is 17.9 Å². The molecule has 1 amide bonds. The lowest BCUT2D eigenvalue weighted by Crippen LogP contribution is -2.37. The van der Waals surface area contributed by atoms with Crippen LogP contribution < -0.4 is 10.0 Å². The number of rotatable bonds is 6. The minimum atomic E-state index is -3.81. The van der Waals surface area contributed by atoms with Gasteiger partial charge in [-0.2, -0.15) is 0 Å². The van der Waals surface area contributed by atoms with E-state index in [1.807, 2.05) is 0 Å². The zero-order chi connectivity index (χ0) is 17.2. The van der Waals surface area contributed by atoms with E-state index in [9.17, 15) is 18.0 Å². The van der Waals surface area contributed by atoms with E-state index in [-0.39, 0.29) is 27.4 Å². The molecule has 1 fully saturated rings. The summed E-state index contributed by atoms with van der Waals surface area (Å²) >= 11 is 5.85. The van der Waals surface area contributed by atoms with Gasteiger partial charge in [0.1, 0.15) is 4.90 Å². The Kier molecular flexibility index (Phi) is 5.28. The van der Waals surface area contributed by atoms with Crippen molar-refractivity contribution in [3.05, 3.63) is 28.8 Å². The van der Waals surface area contributed by atoms with Gasteiger partial charge >= 0.3 is 5.97 Å². The molecule has 1 atom stereocenters. The number of halogens is 1. The Labute approximate surface area is 139 Å². The molecule has 0 saturated heterocycles. The molecule has 1 aliphatic rings. The van der Waals surface area contributed by atoms with Crippen molar-refractivity contribution in [2.24, 2.45) is 0 Å². The number of carbonyl (C=O) groups is 2. The van der Waals surface area contributed by atoms with E-state index in [1.165, 1.54) is 26.1 Å². The Morgan fingerprint density at radius 2 is 2.00 bits per heavy atom. The standard InChI is InChI=1S/C14H17ClN2O5S/c1-8(13(18)17-10-4-5-10)22-14(19)9-3-6-11(15)12(7-9)23(20,21)16-2/h3,6-8,10,16H,4-5H2,1-2H3,(H,17,18)/t8-/m0/s1. The lowest BCUT2D eigenvalue weighted by atomic mass is 10.2. The zero-order valence-corrected chi connectivity index (χ0v) is 14.2. The molecule has 0 unspecified atom stereocenters. The highest BCUT2D eigenvalue weighted by atomic mass is 35.5. The summed E-state index contributed by atoms with van der Waals surface area (Å²) in [6.45, 7) is 1.46. The number of sulfonamides is 1. The van der Waals surface area contributed by atoms with Crippen LogP contribution in [0.3, 0.4) is 0 Å². The predicted octanol–water partition coefficient (Wildman–Crippen LogP) is 1.07. The van der Waals surface area contributed by atoms with Gasteiger partial charge in [0.05, 0.1) is 10.6 Å². The number of benzene rings is 1. The summed E-state index contributed by atoms with van der Waals surface area (Å²) in [5.74, 6) is -1.18. The highest BCUT2D eigenvalue weighted by Gasteiger charge is 2.28. The molecule has 23 heavy (non-hydrogen) atoms. The van der Waals surface area contributed by atoms with Gasteiger partial charge in [-0.15, -0.1) is 0 Å². The van der Waals surface area contributed by atoms with E-state index in [4.69, 9.17) is 16.3 Å². The maximum Gasteiger partial charge on any atom is 0.338 e. The molecule has 0 bridgehead atoms. The quantitative estimate of drug-likeness (QED) is 0.739. The van der Waals surface area contributed by atoms with Gasteiger partial charge in [0.15, 0.2) is 6.10 Å². The van der Waals surface area contributed by atoms with Gasteiger partial charge in [-0.05, 0) is 45.0 Å². The molecule has 0 aromatic heterocycles. The number of ether oxygens (including phenoxy) is 1. The van der Waals surface area contributed by atoms with E-state index < -0.39 is 22.1 Å². The molecule has 2 N–H and O–H groups in total. The first-order valence-corrected chi connectivity index (χ1v) is 8.85. The average molecular weight is 361 g/mol. The maximum absolute atomic E-state index is 12.1. The zero-order valence-electron chi connectivity index (χ0n) is 12.6. The fraction of sp³-hybridized carbons (Fsp3) is 0.429. The second kappa shape index (κ2) is 6.86. The SMILES string of the molecule is CNS(=O)(=O)c1cc(C(=O)O[C@@H](C)C(=O)NC2CC2)ccc1Cl. The average Bonchev–Trinajstić information content (AvgIpc) is 3.31. The van der Waals surface area contributed by atoms with Crippen molar-refractivity contribution in [3.63, 3.8) is 0 Å². The summed E-state index contributed by atoms with van der Waals surface area (Å²) in [5, 5.41) is 2.70. The van der Waals surface area contributed by atoms with Gasteiger partial charge in [0, 0.05) is 6.04 Å². The molecule has 9 heteroatoms. The fourth-order valence-corrected chi connectivity index (χ4v) is 3.02. The van der Waals surface area contributed by atoms with Crippen LogP contribution in [0.1, 0.15) is 30.1 Å². The van der Waals surface area contributed by atoms with Crippen LogP contribution in [0.5, 0.6) is 0 Å². The molecule has 1 aromatic rings. The molecule has 1 saturated carbocycles. The Bertz CT molecular complexity index is 731. The molecular weight excluding hydrogens is 344 g/mol. The van der Waals surface area contributed by atoms with E-state index >= 15 is 0 Å². The fourth-order valence-electron chi connectivity index (χ4n) is 1.77. The summed E-state index contributed by atoms with van der Waals surface area (Å²) in [5.41, 5.74) is -0.00528. The molecule has 1 aromatic carbocycles. The second-order valence-electron chi connectivity index (χ2n) is 5.18. The normalized spacial score (nSPS) is 15.8. The van der Waals surface area contributed by atoms with Gasteiger partial charge < -0.3 is 10.1 Å². The first-order valence-electron chi connectivity index (χ1n) is 6.99. The van der Waals surface area contributed by atoms with Crippen LogP contribution in [-0.2, 0) is 19.6 Å². The number of carbonyl (C=O) groups excluding carboxylic acids is 2. The predicted molar refractivity (Wildman–Crippen MR) is 83.7 cm³/mol. The van der Waals surface area contributed by atoms with Crippen molar-refractivity contribution in [1.82, 2.24) is 10.0 Å². The van der Waals surface area contributed by atoms with Gasteiger partial charge in [-0.1, -0.05) is 11.6 Å². The van der Waals surface area contributed by atoms with Crippen LogP contribution in [-0.4, -0.2) is 39.5 Å². The van der Waals surface area contributed by atoms with Crippen LogP contribution in [0.4, 0.5) is 0 Å². The van der Waals surface area contributed by atoms with Gasteiger partial charge in [0.2, 0.25) is 10.0 Å². The van der Waals surface area contributed by atoms with Crippen LogP contribution in [0.15, 0.2) is 23.1 Å². The van der Waals surface area contributed by atoms with E-state index in [0.29, 0.717) is 0 Å². The summed E-state index contributed by atoms with van der Waals surface area (Å²) < 4.78 is 30.9. The number of hydrogen-bond donors (Lipinski definition) is 2. The second-order valence-corrected chi connectivity index (χ2v) is 7.45. The molecule has 7 nitrogen and oxygen atoms in total. The highest BCUT2D eigenvalue weighted by molar-refractivity contribution is 7.89. The Morgan fingerprint density at radius 1 is 1.35 bits per heavy atom. The monoisotopic (exact) mass is 360 g/mol. The summed E-state index contributed by atoms with van der Waals surface area (Å²) in [6.07, 6.45) is 0.882. The molecule has 0 heterocycles. The summed E-state index contributed by atoms with van der Waals surface area (Å²) in [7, 11) is -2.57. The number of nitrogens with one attached hydrogen (secondary N) is 2. The molecule has 1 aliphatic carbocycles. The van der Waals surface area contributed by atoms with Gasteiger partial charge in [0.25, 0.3) is 5.91 Å². The summed E-state index contributed by atoms with van der Waals surface area (Å²) in [4.78, 5) is 23.6. The van der Waals surface area contributed by atoms with Crippen LogP contribution in [0, 0.1) is 0 Å². The smallest absolute Gasteiger partial charge is 0.338 e. The number of amides is 1. The van der Waals surface area contributed by atoms with E-state index in [1.54, 1.807) is 0 Å². The van der Waals surface area contributed by atoms with Crippen LogP contribution in [0.25, 0.3) is 0 Å². The molecule has 0 aliphatic heterocycles. The molecule has 2 rings (SSSR count). The largest absolute Gasteiger partial charge is 0.449 e. The first kappa shape index (κ1) is 17.7. The van der Waals surface area contributed by atoms with Gasteiger partial charge in [-0.3, -0.25) is 4.79 Å². The summed E-state index contributed by atoms with van der Waals surface area (Å²) in [6, 6.07) is 3.90. The van der Waals surface area contributed by atoms with Crippen molar-refractivity contribution >= 4 is 33.5 Å². The van der Waals surface area contributed by atoms with Crippen molar-refractivity contribution in [2.75, 3.05) is 7.05 Å². The Morgan fingerprint density at radius 3 is 2.57 bits per heavy atom. The van der Waals surface area contributed by atoms with Crippen LogP contribution >= 0.6 is 11.6 Å². The van der Waals surface area contributed by atoms with Crippen molar-refractivity contribution in [3.8, 4) is 0 Å². The molecule has 0 spiro atoms. The topological polar surface area (TPSA) is 102 Å². The van der Waals surface area contributed by atoms with E-state index in [2.05, 4.69) is 10.0 Å². The van der Waals surface area contributed by atoms with Crippen molar-refractivity contribution < 1.29 is 22.7 Å². The lowest BCUT2D eigenvalue weighted by molar-refractivity contribution is -0.129. The molecular formula is C14H17ClN2O5S. The third-order valence-electron chi connectivity index (χ3n) is 3.30. The molecule has 126 valence electrons. The Hall–Kier alpha value is -1.64. The third-order valence-corrected chi connectivity index (χ3v) is 5.20. The highest BCUT2D eigenvalue weighted by Crippen LogP contribution is 2.23. The first-order chi connectivity index (χ1) is 10.7. The number of esters is 1. The van der Waals surface area contributed by atoms with E-state index in [0.717, 1.165) is 18.9 Å². The minimum absolute atomic E-state index is 0.00528. The van der Waals surface area contributed by atoms with Crippen LogP contribution in [0.2, 0.25) is 5.02 Å². The van der Waals surface area contributed by atoms with Crippen molar-refractivity contribution in [2.45, 2.75) is 36.8 Å². The maximum atomic E-state index is 12.1. The Balaban J connectivity index is 2.13. The molecule has 0 radical (unpaired) electrons. The lowest BCUT2D eigenvalue weighted by Gasteiger charge is -2.14. The third kappa shape index (κ3) is 4.43.